The molecule has 4 rings (SSSR count). The van der Waals surface area contributed by atoms with Crippen LogP contribution in [0.3, 0.4) is 0 Å². The number of ether oxygens (including phenoxy) is 1. The second kappa shape index (κ2) is 7.78. The summed E-state index contributed by atoms with van der Waals surface area (Å²) in [6, 6.07) is 17.9. The zero-order chi connectivity index (χ0) is 20.4. The minimum absolute atomic E-state index is 0.000902. The molecule has 29 heavy (non-hydrogen) atoms. The van der Waals surface area contributed by atoms with E-state index in [1.54, 1.807) is 23.9 Å². The van der Waals surface area contributed by atoms with Crippen LogP contribution in [-0.4, -0.2) is 55.7 Å². The van der Waals surface area contributed by atoms with Gasteiger partial charge in [-0.1, -0.05) is 48.5 Å². The van der Waals surface area contributed by atoms with Gasteiger partial charge in [0.2, 0.25) is 0 Å². The summed E-state index contributed by atoms with van der Waals surface area (Å²) < 4.78 is 5.49. The summed E-state index contributed by atoms with van der Waals surface area (Å²) in [7, 11) is 3.56. The van der Waals surface area contributed by atoms with E-state index in [-0.39, 0.29) is 24.1 Å². The van der Waals surface area contributed by atoms with Crippen molar-refractivity contribution in [2.75, 3.05) is 38.6 Å². The van der Waals surface area contributed by atoms with Gasteiger partial charge in [0.1, 0.15) is 6.61 Å². The summed E-state index contributed by atoms with van der Waals surface area (Å²) in [4.78, 5) is 30.5. The van der Waals surface area contributed by atoms with Crippen molar-refractivity contribution >= 4 is 17.8 Å². The largest absolute Gasteiger partial charge is 0.445 e. The lowest BCUT2D eigenvalue weighted by Crippen LogP contribution is -2.49. The van der Waals surface area contributed by atoms with Crippen LogP contribution in [0.5, 0.6) is 0 Å². The van der Waals surface area contributed by atoms with Crippen LogP contribution < -0.4 is 4.90 Å². The first kappa shape index (κ1) is 19.3. The molecule has 0 atom stereocenters. The molecule has 6 nitrogen and oxygen atoms in total. The number of amides is 3. The maximum absolute atomic E-state index is 12.7. The minimum Gasteiger partial charge on any atom is -0.445 e. The van der Waals surface area contributed by atoms with Crippen molar-refractivity contribution in [2.45, 2.75) is 24.9 Å². The van der Waals surface area contributed by atoms with E-state index < -0.39 is 0 Å². The SMILES string of the molecule is CN(C)C(=O)N1CC2(CCN(C(=O)OCc3ccccc3)CC2)c2ccccc21. The molecule has 0 bridgehead atoms. The number of hydrogen-bond acceptors (Lipinski definition) is 3. The van der Waals surface area contributed by atoms with E-state index in [2.05, 4.69) is 6.07 Å². The Balaban J connectivity index is 1.43. The van der Waals surface area contributed by atoms with E-state index in [1.807, 2.05) is 53.4 Å². The van der Waals surface area contributed by atoms with Crippen LogP contribution in [-0.2, 0) is 16.8 Å². The third kappa shape index (κ3) is 3.67. The maximum Gasteiger partial charge on any atom is 0.410 e. The second-order valence-electron chi connectivity index (χ2n) is 8.09. The molecule has 0 aromatic heterocycles. The lowest BCUT2D eigenvalue weighted by Gasteiger charge is -2.39. The van der Waals surface area contributed by atoms with Gasteiger partial charge >= 0.3 is 12.1 Å². The van der Waals surface area contributed by atoms with Crippen LogP contribution in [0.1, 0.15) is 24.0 Å². The van der Waals surface area contributed by atoms with Gasteiger partial charge in [0.15, 0.2) is 0 Å². The van der Waals surface area contributed by atoms with Crippen molar-refractivity contribution in [1.82, 2.24) is 9.80 Å². The Morgan fingerprint density at radius 2 is 1.66 bits per heavy atom. The van der Waals surface area contributed by atoms with E-state index in [1.165, 1.54) is 5.56 Å². The molecule has 0 radical (unpaired) electrons. The molecule has 0 N–H and O–H groups in total. The molecule has 2 heterocycles. The minimum atomic E-state index is -0.267. The van der Waals surface area contributed by atoms with Crippen LogP contribution in [0, 0.1) is 0 Å². The lowest BCUT2D eigenvalue weighted by molar-refractivity contribution is 0.0789. The molecule has 2 aromatic carbocycles. The van der Waals surface area contributed by atoms with E-state index in [0.717, 1.165) is 24.1 Å². The maximum atomic E-state index is 12.7. The average molecular weight is 393 g/mol. The molecule has 3 amide bonds. The number of fused-ring (bicyclic) bond motifs is 2. The molecule has 1 spiro atoms. The third-order valence-corrected chi connectivity index (χ3v) is 6.02. The normalized spacial score (nSPS) is 17.2. The molecule has 6 heteroatoms. The quantitative estimate of drug-likeness (QED) is 0.779. The van der Waals surface area contributed by atoms with Crippen LogP contribution in [0.4, 0.5) is 15.3 Å². The number of urea groups is 1. The molecule has 0 unspecified atom stereocenters. The van der Waals surface area contributed by atoms with Gasteiger partial charge in [-0.3, -0.25) is 4.90 Å². The topological polar surface area (TPSA) is 53.1 Å². The molecular weight excluding hydrogens is 366 g/mol. The summed E-state index contributed by atoms with van der Waals surface area (Å²) in [5.74, 6) is 0. The number of anilines is 1. The van der Waals surface area contributed by atoms with Crippen molar-refractivity contribution in [3.63, 3.8) is 0 Å². The average Bonchev–Trinajstić information content (AvgIpc) is 3.07. The van der Waals surface area contributed by atoms with Crippen LogP contribution in [0.2, 0.25) is 0 Å². The van der Waals surface area contributed by atoms with Gasteiger partial charge in [0.05, 0.1) is 0 Å². The number of carbonyl (C=O) groups excluding carboxylic acids is 2. The number of hydrogen-bond donors (Lipinski definition) is 0. The number of rotatable bonds is 2. The smallest absolute Gasteiger partial charge is 0.410 e. The zero-order valence-corrected chi connectivity index (χ0v) is 17.0. The highest BCUT2D eigenvalue weighted by Gasteiger charge is 2.47. The Bertz CT molecular complexity index is 889. The number of carbonyl (C=O) groups is 2. The van der Waals surface area contributed by atoms with Crippen molar-refractivity contribution in [3.05, 3.63) is 65.7 Å². The number of benzene rings is 2. The van der Waals surface area contributed by atoms with Gasteiger partial charge in [-0.05, 0) is 30.0 Å². The number of piperidine rings is 1. The molecular formula is C23H27N3O3. The van der Waals surface area contributed by atoms with Crippen molar-refractivity contribution in [3.8, 4) is 0 Å². The van der Waals surface area contributed by atoms with Crippen molar-refractivity contribution < 1.29 is 14.3 Å². The van der Waals surface area contributed by atoms with E-state index in [4.69, 9.17) is 4.74 Å². The molecule has 2 aliphatic rings. The van der Waals surface area contributed by atoms with Crippen molar-refractivity contribution in [1.29, 1.82) is 0 Å². The molecule has 1 fully saturated rings. The zero-order valence-electron chi connectivity index (χ0n) is 17.0. The second-order valence-corrected chi connectivity index (χ2v) is 8.09. The van der Waals surface area contributed by atoms with Crippen LogP contribution >= 0.6 is 0 Å². The van der Waals surface area contributed by atoms with Gasteiger partial charge in [0, 0.05) is 44.8 Å². The summed E-state index contributed by atoms with van der Waals surface area (Å²) in [6.45, 7) is 2.21. The highest BCUT2D eigenvalue weighted by molar-refractivity contribution is 5.95. The van der Waals surface area contributed by atoms with Crippen LogP contribution in [0.25, 0.3) is 0 Å². The fourth-order valence-corrected chi connectivity index (χ4v) is 4.40. The van der Waals surface area contributed by atoms with E-state index in [9.17, 15) is 9.59 Å². The van der Waals surface area contributed by atoms with E-state index in [0.29, 0.717) is 19.6 Å². The summed E-state index contributed by atoms with van der Waals surface area (Å²) in [5, 5.41) is 0. The Labute approximate surface area is 171 Å². The number of nitrogens with zero attached hydrogens (tertiary/aromatic N) is 3. The first-order chi connectivity index (χ1) is 14.0. The van der Waals surface area contributed by atoms with Gasteiger partial charge < -0.3 is 14.5 Å². The van der Waals surface area contributed by atoms with E-state index >= 15 is 0 Å². The fourth-order valence-electron chi connectivity index (χ4n) is 4.40. The Hall–Kier alpha value is -3.02. The molecule has 1 saturated heterocycles. The predicted octanol–water partition coefficient (Wildman–Crippen LogP) is 3.86. The summed E-state index contributed by atoms with van der Waals surface area (Å²) >= 11 is 0. The third-order valence-electron chi connectivity index (χ3n) is 6.02. The lowest BCUT2D eigenvalue weighted by atomic mass is 9.74. The predicted molar refractivity (Wildman–Crippen MR) is 112 cm³/mol. The van der Waals surface area contributed by atoms with Gasteiger partial charge in [0.25, 0.3) is 0 Å². The first-order valence-corrected chi connectivity index (χ1v) is 10.0. The van der Waals surface area contributed by atoms with Gasteiger partial charge in [-0.25, -0.2) is 9.59 Å². The number of para-hydroxylation sites is 1. The van der Waals surface area contributed by atoms with Gasteiger partial charge in [-0.2, -0.15) is 0 Å². The fraction of sp³-hybridized carbons (Fsp3) is 0.391. The van der Waals surface area contributed by atoms with Crippen LogP contribution in [0.15, 0.2) is 54.6 Å². The molecule has 152 valence electrons. The Morgan fingerprint density at radius 1 is 1.00 bits per heavy atom. The van der Waals surface area contributed by atoms with Gasteiger partial charge in [-0.15, -0.1) is 0 Å². The first-order valence-electron chi connectivity index (χ1n) is 10.0. The molecule has 0 saturated carbocycles. The molecule has 2 aliphatic heterocycles. The Morgan fingerprint density at radius 3 is 2.34 bits per heavy atom. The Kier molecular flexibility index (Phi) is 5.18. The standard InChI is InChI=1S/C23H27N3O3/c1-24(2)21(27)26-17-23(19-10-6-7-11-20(19)26)12-14-25(15-13-23)22(28)29-16-18-8-4-3-5-9-18/h3-11H,12-17H2,1-2H3. The number of likely N-dealkylation sites (tertiary alicyclic amines) is 1. The van der Waals surface area contributed by atoms with Crippen molar-refractivity contribution in [2.24, 2.45) is 0 Å². The molecule has 0 aliphatic carbocycles. The summed E-state index contributed by atoms with van der Waals surface area (Å²) in [5.41, 5.74) is 3.09. The highest BCUT2D eigenvalue weighted by atomic mass is 16.6. The highest BCUT2D eigenvalue weighted by Crippen LogP contribution is 2.47. The summed E-state index contributed by atoms with van der Waals surface area (Å²) in [6.07, 6.45) is 1.37. The molecule has 2 aromatic rings. The monoisotopic (exact) mass is 393 g/mol.